The van der Waals surface area contributed by atoms with Crippen LogP contribution < -0.4 is 9.62 Å². The fraction of sp³-hybridized carbons (Fsp3) is 0.188. The van der Waals surface area contributed by atoms with Crippen LogP contribution in [0.4, 0.5) is 10.1 Å². The Balaban J connectivity index is 1.80. The van der Waals surface area contributed by atoms with Crippen LogP contribution in [0.25, 0.3) is 0 Å². The van der Waals surface area contributed by atoms with Crippen molar-refractivity contribution in [3.63, 3.8) is 0 Å². The molecule has 4 aromatic rings. The lowest BCUT2D eigenvalue weighted by molar-refractivity contribution is -0.139. The number of rotatable bonds is 11. The highest BCUT2D eigenvalue weighted by atomic mass is 32.2. The van der Waals surface area contributed by atoms with E-state index in [2.05, 4.69) is 5.32 Å². The highest BCUT2D eigenvalue weighted by Gasteiger charge is 2.35. The predicted octanol–water partition coefficient (Wildman–Crippen LogP) is 4.72. The Morgan fingerprint density at radius 3 is 2.05 bits per heavy atom. The number of nitrogens with one attached hydrogen (secondary N) is 1. The van der Waals surface area contributed by atoms with Crippen LogP contribution in [0.3, 0.4) is 0 Å². The summed E-state index contributed by atoms with van der Waals surface area (Å²) in [5.41, 5.74) is 1.97. The number of nitrogens with zero attached hydrogens (tertiary/aromatic N) is 2. The molecule has 7 nitrogen and oxygen atoms in total. The molecule has 0 fully saturated rings. The smallest absolute Gasteiger partial charge is 0.264 e. The van der Waals surface area contributed by atoms with Crippen molar-refractivity contribution >= 4 is 27.5 Å². The number of carbonyl (C=O) groups is 2. The molecule has 9 heteroatoms. The van der Waals surface area contributed by atoms with Gasteiger partial charge in [0.2, 0.25) is 11.8 Å². The molecule has 0 aromatic heterocycles. The van der Waals surface area contributed by atoms with Crippen LogP contribution >= 0.6 is 0 Å². The standard InChI is InChI=1S/C32H32FN3O4S/c1-24-13-9-12-20-29(24)36(41(39,40)27-17-7-4-8-18-27)23-31(37)35(22-26-16-10-11-19-28(26)33)30(32(38)34-2)21-25-14-5-3-6-15-25/h3-20,30H,21-23H2,1-2H3,(H,34,38)/t30-/m1/s1. The van der Waals surface area contributed by atoms with Crippen molar-refractivity contribution in [3.05, 3.63) is 132 Å². The van der Waals surface area contributed by atoms with Gasteiger partial charge in [0.1, 0.15) is 18.4 Å². The number of para-hydroxylation sites is 1. The lowest BCUT2D eigenvalue weighted by atomic mass is 10.0. The maximum Gasteiger partial charge on any atom is 0.264 e. The molecule has 4 aromatic carbocycles. The number of hydrogen-bond acceptors (Lipinski definition) is 4. The topological polar surface area (TPSA) is 86.8 Å². The molecule has 1 atom stereocenters. The lowest BCUT2D eigenvalue weighted by Crippen LogP contribution is -2.53. The minimum Gasteiger partial charge on any atom is -0.357 e. The Bertz CT molecular complexity index is 1600. The molecule has 0 radical (unpaired) electrons. The molecule has 41 heavy (non-hydrogen) atoms. The third-order valence-corrected chi connectivity index (χ3v) is 8.58. The van der Waals surface area contributed by atoms with Gasteiger partial charge in [-0.2, -0.15) is 0 Å². The molecule has 212 valence electrons. The maximum atomic E-state index is 14.8. The predicted molar refractivity (Wildman–Crippen MR) is 157 cm³/mol. The van der Waals surface area contributed by atoms with Gasteiger partial charge >= 0.3 is 0 Å². The van der Waals surface area contributed by atoms with Gasteiger partial charge in [-0.05, 0) is 42.3 Å². The van der Waals surface area contributed by atoms with Gasteiger partial charge in [0.15, 0.2) is 0 Å². The number of halogens is 1. The first-order valence-corrected chi connectivity index (χ1v) is 14.6. The molecule has 0 saturated heterocycles. The van der Waals surface area contributed by atoms with Gasteiger partial charge < -0.3 is 10.2 Å². The maximum absolute atomic E-state index is 14.8. The molecule has 0 bridgehead atoms. The molecule has 1 N–H and O–H groups in total. The van der Waals surface area contributed by atoms with Crippen LogP contribution in [0.5, 0.6) is 0 Å². The molecule has 0 unspecified atom stereocenters. The summed E-state index contributed by atoms with van der Waals surface area (Å²) in [6.07, 6.45) is 0.149. The first-order valence-electron chi connectivity index (χ1n) is 13.1. The highest BCUT2D eigenvalue weighted by molar-refractivity contribution is 7.92. The van der Waals surface area contributed by atoms with Crippen molar-refractivity contribution in [2.75, 3.05) is 17.9 Å². The molecule has 0 saturated carbocycles. The second-order valence-electron chi connectivity index (χ2n) is 9.54. The summed E-state index contributed by atoms with van der Waals surface area (Å²) in [4.78, 5) is 28.7. The summed E-state index contributed by atoms with van der Waals surface area (Å²) in [6.45, 7) is 0.926. The van der Waals surface area contributed by atoms with E-state index in [9.17, 15) is 22.4 Å². The molecule has 0 aliphatic rings. The third kappa shape index (κ3) is 6.99. The number of sulfonamides is 1. The Morgan fingerprint density at radius 1 is 0.829 bits per heavy atom. The summed E-state index contributed by atoms with van der Waals surface area (Å²) in [5, 5.41) is 2.61. The number of likely N-dealkylation sites (N-methyl/N-ethyl adjacent to an activating group) is 1. The minimum absolute atomic E-state index is 0.0174. The molecule has 0 aliphatic carbocycles. The molecule has 0 spiro atoms. The van der Waals surface area contributed by atoms with Crippen LogP contribution in [0.1, 0.15) is 16.7 Å². The van der Waals surface area contributed by atoms with E-state index >= 15 is 0 Å². The Hall–Kier alpha value is -4.50. The number of carbonyl (C=O) groups excluding carboxylic acids is 2. The van der Waals surface area contributed by atoms with Crippen molar-refractivity contribution in [1.29, 1.82) is 0 Å². The van der Waals surface area contributed by atoms with Crippen molar-refractivity contribution in [2.45, 2.75) is 30.8 Å². The highest BCUT2D eigenvalue weighted by Crippen LogP contribution is 2.27. The first kappa shape index (κ1) is 29.5. The fourth-order valence-electron chi connectivity index (χ4n) is 4.61. The molecular formula is C32H32FN3O4S. The second-order valence-corrected chi connectivity index (χ2v) is 11.4. The van der Waals surface area contributed by atoms with Gasteiger partial charge in [-0.1, -0.05) is 84.9 Å². The summed E-state index contributed by atoms with van der Waals surface area (Å²) in [5.74, 6) is -1.64. The SMILES string of the molecule is CNC(=O)[C@@H](Cc1ccccc1)N(Cc1ccccc1F)C(=O)CN(c1ccccc1C)S(=O)(=O)c1ccccc1. The monoisotopic (exact) mass is 573 g/mol. The Morgan fingerprint density at radius 2 is 1.41 bits per heavy atom. The van der Waals surface area contributed by atoms with Crippen LogP contribution in [-0.2, 0) is 32.6 Å². The van der Waals surface area contributed by atoms with Gasteiger partial charge in [0.05, 0.1) is 10.6 Å². The van der Waals surface area contributed by atoms with Crippen molar-refractivity contribution in [3.8, 4) is 0 Å². The second kappa shape index (κ2) is 13.2. The summed E-state index contributed by atoms with van der Waals surface area (Å²) in [7, 11) is -2.72. The Labute approximate surface area is 240 Å². The van der Waals surface area contributed by atoms with Crippen LogP contribution in [0, 0.1) is 12.7 Å². The average Bonchev–Trinajstić information content (AvgIpc) is 2.99. The number of aryl methyl sites for hydroxylation is 1. The van der Waals surface area contributed by atoms with E-state index < -0.39 is 40.2 Å². The zero-order chi connectivity index (χ0) is 29.4. The van der Waals surface area contributed by atoms with Gasteiger partial charge in [0.25, 0.3) is 10.0 Å². The van der Waals surface area contributed by atoms with E-state index in [4.69, 9.17) is 0 Å². The molecular weight excluding hydrogens is 541 g/mol. The number of amides is 2. The van der Waals surface area contributed by atoms with E-state index in [0.717, 1.165) is 9.87 Å². The van der Waals surface area contributed by atoms with E-state index in [1.54, 1.807) is 61.5 Å². The lowest BCUT2D eigenvalue weighted by Gasteiger charge is -2.34. The van der Waals surface area contributed by atoms with Crippen molar-refractivity contribution in [1.82, 2.24) is 10.2 Å². The van der Waals surface area contributed by atoms with E-state index in [1.807, 2.05) is 30.3 Å². The number of anilines is 1. The molecule has 0 aliphatic heterocycles. The van der Waals surface area contributed by atoms with E-state index in [-0.39, 0.29) is 23.4 Å². The minimum atomic E-state index is -4.19. The van der Waals surface area contributed by atoms with Crippen molar-refractivity contribution < 1.29 is 22.4 Å². The molecule has 0 heterocycles. The summed E-state index contributed by atoms with van der Waals surface area (Å²) in [6, 6.07) is 28.8. The van der Waals surface area contributed by atoms with Gasteiger partial charge in [-0.3, -0.25) is 13.9 Å². The van der Waals surface area contributed by atoms with Crippen LogP contribution in [-0.4, -0.2) is 44.8 Å². The summed E-state index contributed by atoms with van der Waals surface area (Å²) >= 11 is 0. The van der Waals surface area contributed by atoms with Crippen molar-refractivity contribution in [2.24, 2.45) is 0 Å². The Kier molecular flexibility index (Phi) is 9.52. The first-order chi connectivity index (χ1) is 19.7. The van der Waals surface area contributed by atoms with Crippen LogP contribution in [0.2, 0.25) is 0 Å². The normalized spacial score (nSPS) is 11.9. The molecule has 4 rings (SSSR count). The number of hydrogen-bond donors (Lipinski definition) is 1. The average molecular weight is 574 g/mol. The third-order valence-electron chi connectivity index (χ3n) is 6.81. The van der Waals surface area contributed by atoms with Gasteiger partial charge in [-0.15, -0.1) is 0 Å². The van der Waals surface area contributed by atoms with E-state index in [1.165, 1.54) is 36.2 Å². The van der Waals surface area contributed by atoms with Crippen LogP contribution in [0.15, 0.2) is 114 Å². The largest absolute Gasteiger partial charge is 0.357 e. The zero-order valence-electron chi connectivity index (χ0n) is 22.9. The van der Waals surface area contributed by atoms with Gasteiger partial charge in [-0.25, -0.2) is 12.8 Å². The summed E-state index contributed by atoms with van der Waals surface area (Å²) < 4.78 is 43.7. The zero-order valence-corrected chi connectivity index (χ0v) is 23.7. The quantitative estimate of drug-likeness (QED) is 0.282. The fourth-order valence-corrected chi connectivity index (χ4v) is 6.11. The number of benzene rings is 4. The van der Waals surface area contributed by atoms with E-state index in [0.29, 0.717) is 11.3 Å². The molecule has 2 amide bonds. The van der Waals surface area contributed by atoms with Gasteiger partial charge in [0, 0.05) is 25.6 Å².